The molecule has 0 atom stereocenters. The predicted octanol–water partition coefficient (Wildman–Crippen LogP) is 7.17. The number of ketones is 1. The molecule has 0 bridgehead atoms. The van der Waals surface area contributed by atoms with Gasteiger partial charge in [-0.3, -0.25) is 4.79 Å². The summed E-state index contributed by atoms with van der Waals surface area (Å²) < 4.78 is 12.9. The van der Waals surface area contributed by atoms with Gasteiger partial charge in [0.05, 0.1) is 0 Å². The van der Waals surface area contributed by atoms with E-state index in [1.54, 1.807) is 6.08 Å². The first kappa shape index (κ1) is 20.4. The Labute approximate surface area is 160 Å². The van der Waals surface area contributed by atoms with Crippen molar-refractivity contribution in [1.82, 2.24) is 0 Å². The zero-order valence-corrected chi connectivity index (χ0v) is 16.2. The lowest BCUT2D eigenvalue weighted by Crippen LogP contribution is -1.93. The third-order valence-electron chi connectivity index (χ3n) is 4.20. The van der Waals surface area contributed by atoms with Crippen molar-refractivity contribution in [3.8, 4) is 0 Å². The minimum absolute atomic E-state index is 0.119. The molecule has 2 rings (SSSR count). The number of thioether (sulfide) groups is 1. The number of carbonyl (C=O) groups is 1. The van der Waals surface area contributed by atoms with Crippen LogP contribution in [0, 0.1) is 5.82 Å². The van der Waals surface area contributed by atoms with Crippen molar-refractivity contribution in [3.05, 3.63) is 71.6 Å². The van der Waals surface area contributed by atoms with Crippen LogP contribution in [0.25, 0.3) is 6.08 Å². The van der Waals surface area contributed by atoms with Gasteiger partial charge in [0, 0.05) is 10.5 Å². The van der Waals surface area contributed by atoms with Crippen LogP contribution in [0.3, 0.4) is 0 Å². The van der Waals surface area contributed by atoms with Crippen LogP contribution in [0.15, 0.2) is 59.5 Å². The standard InChI is InChI=1S/C23H27FOS/c1-2-3-4-5-6-7-18-26-22-15-8-19(9-16-22)10-17-23(25)20-11-13-21(24)14-12-20/h8-17H,2-7,18H2,1H3/b17-10+. The van der Waals surface area contributed by atoms with E-state index in [1.807, 2.05) is 23.9 Å². The molecular formula is C23H27FOS. The maximum Gasteiger partial charge on any atom is 0.185 e. The van der Waals surface area contributed by atoms with Crippen molar-refractivity contribution in [2.45, 2.75) is 50.3 Å². The van der Waals surface area contributed by atoms with E-state index in [-0.39, 0.29) is 11.6 Å². The highest BCUT2D eigenvalue weighted by Crippen LogP contribution is 2.21. The Bertz CT molecular complexity index is 689. The minimum atomic E-state index is -0.334. The number of halogens is 1. The number of rotatable bonds is 11. The van der Waals surface area contributed by atoms with Crippen molar-refractivity contribution in [2.24, 2.45) is 0 Å². The summed E-state index contributed by atoms with van der Waals surface area (Å²) in [4.78, 5) is 13.3. The number of benzene rings is 2. The van der Waals surface area contributed by atoms with E-state index in [9.17, 15) is 9.18 Å². The molecule has 2 aromatic rings. The molecule has 0 N–H and O–H groups in total. The van der Waals surface area contributed by atoms with Crippen molar-refractivity contribution in [2.75, 3.05) is 5.75 Å². The normalized spacial score (nSPS) is 11.2. The third-order valence-corrected chi connectivity index (χ3v) is 5.30. The summed E-state index contributed by atoms with van der Waals surface area (Å²) >= 11 is 1.89. The second-order valence-corrected chi connectivity index (χ2v) is 7.56. The fourth-order valence-corrected chi connectivity index (χ4v) is 3.54. The van der Waals surface area contributed by atoms with Gasteiger partial charge in [0.25, 0.3) is 0 Å². The Kier molecular flexibility index (Phi) is 9.19. The average molecular weight is 371 g/mol. The highest BCUT2D eigenvalue weighted by atomic mass is 32.2. The molecule has 138 valence electrons. The Hall–Kier alpha value is -1.87. The van der Waals surface area contributed by atoms with Gasteiger partial charge >= 0.3 is 0 Å². The molecule has 0 unspecified atom stereocenters. The fraction of sp³-hybridized carbons (Fsp3) is 0.348. The number of allylic oxidation sites excluding steroid dienone is 1. The quantitative estimate of drug-likeness (QED) is 0.180. The average Bonchev–Trinajstić information content (AvgIpc) is 2.67. The van der Waals surface area contributed by atoms with Gasteiger partial charge in [-0.2, -0.15) is 0 Å². The van der Waals surface area contributed by atoms with Crippen LogP contribution >= 0.6 is 11.8 Å². The van der Waals surface area contributed by atoms with E-state index < -0.39 is 0 Å². The van der Waals surface area contributed by atoms with E-state index in [2.05, 4.69) is 19.1 Å². The number of hydrogen-bond acceptors (Lipinski definition) is 2. The lowest BCUT2D eigenvalue weighted by molar-refractivity contribution is 0.104. The Morgan fingerprint density at radius 2 is 1.58 bits per heavy atom. The summed E-state index contributed by atoms with van der Waals surface area (Å²) in [6.07, 6.45) is 11.3. The molecule has 0 saturated heterocycles. The van der Waals surface area contributed by atoms with Crippen molar-refractivity contribution >= 4 is 23.6 Å². The van der Waals surface area contributed by atoms with Gasteiger partial charge in [0.2, 0.25) is 0 Å². The molecule has 26 heavy (non-hydrogen) atoms. The molecule has 3 heteroatoms. The molecule has 0 saturated carbocycles. The Balaban J connectivity index is 1.74. The Morgan fingerprint density at radius 3 is 2.27 bits per heavy atom. The fourth-order valence-electron chi connectivity index (χ4n) is 2.63. The van der Waals surface area contributed by atoms with Crippen molar-refractivity contribution < 1.29 is 9.18 Å². The molecule has 0 aromatic heterocycles. The first-order valence-electron chi connectivity index (χ1n) is 9.40. The van der Waals surface area contributed by atoms with Crippen LogP contribution in [0.5, 0.6) is 0 Å². The molecule has 0 amide bonds. The maximum atomic E-state index is 12.9. The van der Waals surface area contributed by atoms with Crippen LogP contribution in [-0.4, -0.2) is 11.5 Å². The van der Waals surface area contributed by atoms with E-state index in [4.69, 9.17) is 0 Å². The first-order valence-corrected chi connectivity index (χ1v) is 10.4. The summed E-state index contributed by atoms with van der Waals surface area (Å²) in [5, 5.41) is 0. The molecular weight excluding hydrogens is 343 g/mol. The second-order valence-electron chi connectivity index (χ2n) is 6.39. The molecule has 0 aliphatic rings. The summed E-state index contributed by atoms with van der Waals surface area (Å²) in [6.45, 7) is 2.24. The molecule has 0 aliphatic carbocycles. The lowest BCUT2D eigenvalue weighted by Gasteiger charge is -2.03. The van der Waals surface area contributed by atoms with Crippen LogP contribution in [0.2, 0.25) is 0 Å². The van der Waals surface area contributed by atoms with E-state index in [1.165, 1.54) is 73.8 Å². The van der Waals surface area contributed by atoms with Crippen molar-refractivity contribution in [1.29, 1.82) is 0 Å². The zero-order chi connectivity index (χ0) is 18.6. The summed E-state index contributed by atoms with van der Waals surface area (Å²) in [6, 6.07) is 13.9. The Morgan fingerprint density at radius 1 is 0.923 bits per heavy atom. The molecule has 0 spiro atoms. The third kappa shape index (κ3) is 7.57. The van der Waals surface area contributed by atoms with Gasteiger partial charge in [0.1, 0.15) is 5.82 Å². The largest absolute Gasteiger partial charge is 0.289 e. The lowest BCUT2D eigenvalue weighted by atomic mass is 10.1. The molecule has 0 heterocycles. The van der Waals surface area contributed by atoms with Gasteiger partial charge in [-0.05, 0) is 60.2 Å². The first-order chi connectivity index (χ1) is 12.7. The molecule has 1 nitrogen and oxygen atoms in total. The summed E-state index contributed by atoms with van der Waals surface area (Å²) in [5.41, 5.74) is 1.48. The minimum Gasteiger partial charge on any atom is -0.289 e. The predicted molar refractivity (Wildman–Crippen MR) is 110 cm³/mol. The maximum absolute atomic E-state index is 12.9. The highest BCUT2D eigenvalue weighted by Gasteiger charge is 2.01. The molecule has 0 radical (unpaired) electrons. The van der Waals surface area contributed by atoms with Gasteiger partial charge in [-0.1, -0.05) is 57.2 Å². The SMILES string of the molecule is CCCCCCCCSc1ccc(/C=C/C(=O)c2ccc(F)cc2)cc1. The van der Waals surface area contributed by atoms with E-state index in [0.717, 1.165) is 11.3 Å². The van der Waals surface area contributed by atoms with Gasteiger partial charge in [-0.15, -0.1) is 11.8 Å². The zero-order valence-electron chi connectivity index (χ0n) is 15.4. The van der Waals surface area contributed by atoms with E-state index >= 15 is 0 Å². The summed E-state index contributed by atoms with van der Waals surface area (Å²) in [5.74, 6) is 0.704. The topological polar surface area (TPSA) is 17.1 Å². The monoisotopic (exact) mass is 370 g/mol. The van der Waals surface area contributed by atoms with Gasteiger partial charge in [-0.25, -0.2) is 4.39 Å². The number of carbonyl (C=O) groups excluding carboxylic acids is 1. The van der Waals surface area contributed by atoms with Gasteiger partial charge < -0.3 is 0 Å². The highest BCUT2D eigenvalue weighted by molar-refractivity contribution is 7.99. The molecule has 0 fully saturated rings. The number of hydrogen-bond donors (Lipinski definition) is 0. The molecule has 0 aliphatic heterocycles. The van der Waals surface area contributed by atoms with Crippen molar-refractivity contribution in [3.63, 3.8) is 0 Å². The van der Waals surface area contributed by atoms with Crippen LogP contribution in [0.1, 0.15) is 61.4 Å². The van der Waals surface area contributed by atoms with Crippen LogP contribution in [-0.2, 0) is 0 Å². The van der Waals surface area contributed by atoms with E-state index in [0.29, 0.717) is 5.56 Å². The smallest absolute Gasteiger partial charge is 0.185 e. The van der Waals surface area contributed by atoms with Gasteiger partial charge in [0.15, 0.2) is 5.78 Å². The van der Waals surface area contributed by atoms with Crippen LogP contribution in [0.4, 0.5) is 4.39 Å². The second kappa shape index (κ2) is 11.7. The van der Waals surface area contributed by atoms with Crippen LogP contribution < -0.4 is 0 Å². The summed E-state index contributed by atoms with van der Waals surface area (Å²) in [7, 11) is 0. The molecule has 2 aromatic carbocycles. The number of unbranched alkanes of at least 4 members (excludes halogenated alkanes) is 5.